The Balaban J connectivity index is 2.48. The number of halogens is 3. The van der Waals surface area contributed by atoms with Crippen LogP contribution in [0.1, 0.15) is 6.42 Å². The van der Waals surface area contributed by atoms with Gasteiger partial charge in [-0.25, -0.2) is 4.79 Å². The van der Waals surface area contributed by atoms with Crippen LogP contribution in [0.15, 0.2) is 0 Å². The van der Waals surface area contributed by atoms with E-state index in [-0.39, 0.29) is 19.5 Å². The van der Waals surface area contributed by atoms with E-state index in [0.717, 1.165) is 0 Å². The lowest BCUT2D eigenvalue weighted by atomic mass is 9.97. The van der Waals surface area contributed by atoms with Crippen LogP contribution < -0.4 is 11.1 Å². The van der Waals surface area contributed by atoms with Crippen LogP contribution in [0.5, 0.6) is 0 Å². The number of carbonyl (C=O) groups excluding carboxylic acids is 1. The van der Waals surface area contributed by atoms with Gasteiger partial charge in [0.2, 0.25) is 0 Å². The minimum absolute atomic E-state index is 0.137. The summed E-state index contributed by atoms with van der Waals surface area (Å²) in [7, 11) is 0. The maximum Gasteiger partial charge on any atom is 0.404 e. The van der Waals surface area contributed by atoms with Gasteiger partial charge in [-0.2, -0.15) is 13.2 Å². The minimum atomic E-state index is -4.26. The van der Waals surface area contributed by atoms with Crippen molar-refractivity contribution in [2.45, 2.75) is 18.7 Å². The number of nitrogens with two attached hydrogens (primary N) is 1. The number of primary amides is 1. The summed E-state index contributed by atoms with van der Waals surface area (Å²) >= 11 is 0. The molecule has 82 valence electrons. The molecule has 1 amide bonds. The van der Waals surface area contributed by atoms with Crippen molar-refractivity contribution in [2.24, 2.45) is 11.7 Å². The van der Waals surface area contributed by atoms with Crippen LogP contribution in [0.2, 0.25) is 0 Å². The molecule has 0 spiro atoms. The molecule has 0 aromatic rings. The third-order valence-corrected chi connectivity index (χ3v) is 2.06. The summed E-state index contributed by atoms with van der Waals surface area (Å²) in [4.78, 5) is 10.3. The van der Waals surface area contributed by atoms with E-state index >= 15 is 0 Å². The second kappa shape index (κ2) is 4.04. The number of rotatable bonds is 1. The molecule has 1 rings (SSSR count). The lowest BCUT2D eigenvalue weighted by Gasteiger charge is -2.30. The zero-order valence-corrected chi connectivity index (χ0v) is 7.30. The number of hydrogen-bond donors (Lipinski definition) is 2. The van der Waals surface area contributed by atoms with Gasteiger partial charge in [0.05, 0.1) is 5.92 Å². The van der Waals surface area contributed by atoms with Crippen LogP contribution in [0.25, 0.3) is 0 Å². The predicted molar refractivity (Wildman–Crippen MR) is 41.5 cm³/mol. The van der Waals surface area contributed by atoms with Crippen LogP contribution in [-0.4, -0.2) is 31.5 Å². The molecule has 14 heavy (non-hydrogen) atoms. The van der Waals surface area contributed by atoms with Gasteiger partial charge < -0.3 is 15.8 Å². The molecule has 0 aromatic carbocycles. The molecule has 1 saturated heterocycles. The molecule has 1 heterocycles. The van der Waals surface area contributed by atoms with Gasteiger partial charge in [-0.1, -0.05) is 0 Å². The number of hydrogen-bond acceptors (Lipinski definition) is 3. The Morgan fingerprint density at radius 3 is 2.57 bits per heavy atom. The van der Waals surface area contributed by atoms with Crippen LogP contribution >= 0.6 is 0 Å². The van der Waals surface area contributed by atoms with E-state index in [1.54, 1.807) is 0 Å². The average molecular weight is 212 g/mol. The molecule has 0 unspecified atom stereocenters. The van der Waals surface area contributed by atoms with Gasteiger partial charge in [-0.05, 0) is 6.42 Å². The van der Waals surface area contributed by atoms with E-state index in [4.69, 9.17) is 5.73 Å². The lowest BCUT2D eigenvalue weighted by molar-refractivity contribution is -0.185. The Bertz CT molecular complexity index is 219. The smallest absolute Gasteiger partial charge is 0.404 e. The van der Waals surface area contributed by atoms with Gasteiger partial charge >= 0.3 is 12.3 Å². The Morgan fingerprint density at radius 2 is 2.07 bits per heavy atom. The lowest BCUT2D eigenvalue weighted by Crippen LogP contribution is -2.47. The summed E-state index contributed by atoms with van der Waals surface area (Å²) in [5.41, 5.74) is 4.71. The van der Waals surface area contributed by atoms with E-state index in [2.05, 4.69) is 10.1 Å². The molecule has 1 aliphatic heterocycles. The normalized spacial score (nSPS) is 28.5. The number of amides is 1. The molecule has 0 radical (unpaired) electrons. The fourth-order valence-corrected chi connectivity index (χ4v) is 1.41. The maximum atomic E-state index is 12.2. The summed E-state index contributed by atoms with van der Waals surface area (Å²) in [5.74, 6) is -1.47. The Morgan fingerprint density at radius 1 is 1.43 bits per heavy atom. The predicted octanol–water partition coefficient (Wildman–Crippen LogP) is 0.622. The van der Waals surface area contributed by atoms with E-state index < -0.39 is 24.3 Å². The van der Waals surface area contributed by atoms with Crippen molar-refractivity contribution < 1.29 is 22.7 Å². The third-order valence-electron chi connectivity index (χ3n) is 2.06. The van der Waals surface area contributed by atoms with Crippen molar-refractivity contribution >= 4 is 6.09 Å². The van der Waals surface area contributed by atoms with E-state index in [9.17, 15) is 18.0 Å². The number of piperidine rings is 1. The van der Waals surface area contributed by atoms with Gasteiger partial charge in [-0.15, -0.1) is 0 Å². The topological polar surface area (TPSA) is 64.4 Å². The molecular weight excluding hydrogens is 201 g/mol. The highest BCUT2D eigenvalue weighted by molar-refractivity contribution is 5.64. The first-order valence-electron chi connectivity index (χ1n) is 4.13. The molecule has 2 atom stereocenters. The Hall–Kier alpha value is -0.980. The van der Waals surface area contributed by atoms with Crippen molar-refractivity contribution in [3.8, 4) is 0 Å². The van der Waals surface area contributed by atoms with Crippen molar-refractivity contribution in [3.63, 3.8) is 0 Å². The summed E-state index contributed by atoms with van der Waals surface area (Å²) in [6, 6.07) is 0. The molecule has 0 bridgehead atoms. The van der Waals surface area contributed by atoms with Crippen molar-refractivity contribution in [1.29, 1.82) is 0 Å². The quantitative estimate of drug-likeness (QED) is 0.669. The molecule has 0 saturated carbocycles. The minimum Gasteiger partial charge on any atom is -0.445 e. The second-order valence-corrected chi connectivity index (χ2v) is 3.19. The molecule has 0 aromatic heterocycles. The molecule has 4 nitrogen and oxygen atoms in total. The average Bonchev–Trinajstić information content (AvgIpc) is 2.01. The third kappa shape index (κ3) is 3.06. The van der Waals surface area contributed by atoms with E-state index in [1.807, 2.05) is 0 Å². The summed E-state index contributed by atoms with van der Waals surface area (Å²) in [6.07, 6.45) is -6.31. The number of carbonyl (C=O) groups is 1. The van der Waals surface area contributed by atoms with Crippen molar-refractivity contribution in [2.75, 3.05) is 13.1 Å². The van der Waals surface area contributed by atoms with Crippen LogP contribution in [-0.2, 0) is 4.74 Å². The standard InChI is InChI=1S/C7H11F3N2O2/c8-7(9,10)4-1-5(3-12-2-4)14-6(11)13/h4-5,12H,1-3H2,(H2,11,13)/t4-,5-/m1/s1. The fourth-order valence-electron chi connectivity index (χ4n) is 1.41. The number of ether oxygens (including phenoxy) is 1. The first kappa shape index (κ1) is 11.1. The van der Waals surface area contributed by atoms with E-state index in [0.29, 0.717) is 0 Å². The van der Waals surface area contributed by atoms with Gasteiger partial charge in [0.15, 0.2) is 0 Å². The highest BCUT2D eigenvalue weighted by Crippen LogP contribution is 2.31. The van der Waals surface area contributed by atoms with Gasteiger partial charge in [0.25, 0.3) is 0 Å². The first-order valence-corrected chi connectivity index (χ1v) is 4.13. The fraction of sp³-hybridized carbons (Fsp3) is 0.857. The van der Waals surface area contributed by atoms with Crippen molar-refractivity contribution in [1.82, 2.24) is 5.32 Å². The molecule has 0 aliphatic carbocycles. The molecule has 1 fully saturated rings. The second-order valence-electron chi connectivity index (χ2n) is 3.19. The SMILES string of the molecule is NC(=O)O[C@H]1CNC[C@H](C(F)(F)F)C1. The zero-order chi connectivity index (χ0) is 10.8. The highest BCUT2D eigenvalue weighted by atomic mass is 19.4. The van der Waals surface area contributed by atoms with Gasteiger partial charge in [0, 0.05) is 13.1 Å². The van der Waals surface area contributed by atoms with E-state index in [1.165, 1.54) is 0 Å². The monoisotopic (exact) mass is 212 g/mol. The Kier molecular flexibility index (Phi) is 3.20. The largest absolute Gasteiger partial charge is 0.445 e. The molecular formula is C7H11F3N2O2. The van der Waals surface area contributed by atoms with Crippen molar-refractivity contribution in [3.05, 3.63) is 0 Å². The number of alkyl halides is 3. The Labute approximate surface area is 78.6 Å². The van der Waals surface area contributed by atoms with Gasteiger partial charge in [-0.3, -0.25) is 0 Å². The maximum absolute atomic E-state index is 12.2. The molecule has 7 heteroatoms. The van der Waals surface area contributed by atoms with Crippen LogP contribution in [0.3, 0.4) is 0 Å². The first-order chi connectivity index (χ1) is 6.39. The zero-order valence-electron chi connectivity index (χ0n) is 7.30. The molecule has 1 aliphatic rings. The highest BCUT2D eigenvalue weighted by Gasteiger charge is 2.43. The summed E-state index contributed by atoms with van der Waals surface area (Å²) in [6.45, 7) is 0.0810. The summed E-state index contributed by atoms with van der Waals surface area (Å²) in [5, 5.41) is 2.54. The summed E-state index contributed by atoms with van der Waals surface area (Å²) < 4.78 is 41.2. The van der Waals surface area contributed by atoms with Crippen LogP contribution in [0, 0.1) is 5.92 Å². The molecule has 3 N–H and O–H groups in total. The number of nitrogens with one attached hydrogen (secondary N) is 1. The van der Waals surface area contributed by atoms with Gasteiger partial charge in [0.1, 0.15) is 6.10 Å². The van der Waals surface area contributed by atoms with Crippen LogP contribution in [0.4, 0.5) is 18.0 Å².